The van der Waals surface area contributed by atoms with Gasteiger partial charge in [0.05, 0.1) is 10.8 Å². The molecule has 0 fully saturated rings. The number of aromatic amines is 1. The number of hydrogen-bond acceptors (Lipinski definition) is 7. The number of hydrogen-bond donors (Lipinski definition) is 1. The number of carbonyl (C=O) groups excluding carboxylic acids is 2. The van der Waals surface area contributed by atoms with E-state index in [9.17, 15) is 19.2 Å². The number of Topliss-reactive ketones (excluding diaryl/α,β-unsaturated/α-hetero) is 1. The highest BCUT2D eigenvalue weighted by Crippen LogP contribution is 2.30. The summed E-state index contributed by atoms with van der Waals surface area (Å²) in [6, 6.07) is 11.0. The van der Waals surface area contributed by atoms with Gasteiger partial charge in [-0.2, -0.15) is 0 Å². The van der Waals surface area contributed by atoms with Gasteiger partial charge in [0.15, 0.2) is 23.9 Å². The fourth-order valence-corrected chi connectivity index (χ4v) is 2.98. The van der Waals surface area contributed by atoms with Crippen LogP contribution in [0.15, 0.2) is 52.1 Å². The topological polar surface area (TPSA) is 117 Å². The predicted octanol–water partition coefficient (Wildman–Crippen LogP) is 0.887. The van der Waals surface area contributed by atoms with Crippen LogP contribution in [0.5, 0.6) is 11.5 Å². The number of fused-ring (bicyclic) bond motifs is 2. The minimum Gasteiger partial charge on any atom is -0.486 e. The maximum atomic E-state index is 12.4. The number of benzene rings is 2. The zero-order valence-electron chi connectivity index (χ0n) is 15.2. The molecule has 0 bridgehead atoms. The summed E-state index contributed by atoms with van der Waals surface area (Å²) >= 11 is 0. The van der Waals surface area contributed by atoms with Gasteiger partial charge in [-0.3, -0.25) is 24.3 Å². The van der Waals surface area contributed by atoms with Gasteiger partial charge in [-0.1, -0.05) is 12.1 Å². The number of ether oxygens (including phenoxy) is 3. The van der Waals surface area contributed by atoms with Crippen LogP contribution in [0, 0.1) is 0 Å². The Hall–Kier alpha value is -3.88. The number of nitrogens with zero attached hydrogens (tertiary/aromatic N) is 1. The Kier molecular flexibility index (Phi) is 4.86. The molecular formula is C20H16N2O7. The molecule has 1 N–H and O–H groups in total. The Balaban J connectivity index is 1.43. The minimum absolute atomic E-state index is 0.191. The molecule has 2 heterocycles. The lowest BCUT2D eigenvalue weighted by Gasteiger charge is -2.18. The molecule has 148 valence electrons. The molecule has 0 atom stereocenters. The molecule has 0 spiro atoms. The van der Waals surface area contributed by atoms with Crippen LogP contribution in [0.1, 0.15) is 10.4 Å². The van der Waals surface area contributed by atoms with Crippen molar-refractivity contribution in [3.63, 3.8) is 0 Å². The van der Waals surface area contributed by atoms with Crippen LogP contribution in [0.2, 0.25) is 0 Å². The second-order valence-electron chi connectivity index (χ2n) is 6.32. The van der Waals surface area contributed by atoms with Crippen LogP contribution in [0.3, 0.4) is 0 Å². The zero-order chi connectivity index (χ0) is 20.4. The molecule has 3 aromatic rings. The maximum absolute atomic E-state index is 12.4. The van der Waals surface area contributed by atoms with E-state index in [0.29, 0.717) is 30.3 Å². The van der Waals surface area contributed by atoms with Gasteiger partial charge in [0.1, 0.15) is 19.8 Å². The lowest BCUT2D eigenvalue weighted by molar-refractivity contribution is -0.143. The average Bonchev–Trinajstić information content (AvgIpc) is 2.75. The normalized spacial score (nSPS) is 12.6. The minimum atomic E-state index is -0.830. The zero-order valence-corrected chi connectivity index (χ0v) is 15.2. The van der Waals surface area contributed by atoms with Crippen molar-refractivity contribution >= 4 is 22.5 Å². The van der Waals surface area contributed by atoms with Gasteiger partial charge in [0, 0.05) is 5.56 Å². The summed E-state index contributed by atoms with van der Waals surface area (Å²) < 4.78 is 16.6. The summed E-state index contributed by atoms with van der Waals surface area (Å²) in [5, 5.41) is 2.76. The number of rotatable bonds is 5. The van der Waals surface area contributed by atoms with Crippen LogP contribution in [-0.4, -0.2) is 41.4 Å². The largest absolute Gasteiger partial charge is 0.486 e. The van der Waals surface area contributed by atoms with Gasteiger partial charge in [0.25, 0.3) is 11.1 Å². The first-order valence-corrected chi connectivity index (χ1v) is 8.83. The third-order valence-electron chi connectivity index (χ3n) is 4.40. The molecule has 0 amide bonds. The number of esters is 1. The van der Waals surface area contributed by atoms with Crippen LogP contribution in [-0.2, 0) is 16.1 Å². The fourth-order valence-electron chi connectivity index (χ4n) is 2.98. The van der Waals surface area contributed by atoms with E-state index in [-0.39, 0.29) is 10.8 Å². The van der Waals surface area contributed by atoms with Gasteiger partial charge in [-0.05, 0) is 30.3 Å². The molecule has 9 nitrogen and oxygen atoms in total. The maximum Gasteiger partial charge on any atom is 0.328 e. The fraction of sp³-hybridized carbons (Fsp3) is 0.200. The van der Waals surface area contributed by atoms with Gasteiger partial charge >= 0.3 is 5.97 Å². The van der Waals surface area contributed by atoms with E-state index < -0.39 is 36.0 Å². The standard InChI is InChI=1S/C20H16N2O7/c23-15(12-5-6-16-17(9-12)28-8-7-27-16)11-29-18(24)10-22-20(26)14-4-2-1-3-13(14)19(25)21-22/h1-6,9H,7-8,10-11H2,(H,21,25). The molecular weight excluding hydrogens is 380 g/mol. The Bertz CT molecular complexity index is 1230. The summed E-state index contributed by atoms with van der Waals surface area (Å²) in [6.07, 6.45) is 0. The van der Waals surface area contributed by atoms with E-state index in [4.69, 9.17) is 14.2 Å². The Morgan fingerprint density at radius 1 is 1.00 bits per heavy atom. The molecule has 0 saturated heterocycles. The highest BCUT2D eigenvalue weighted by atomic mass is 16.6. The lowest BCUT2D eigenvalue weighted by Crippen LogP contribution is -2.33. The van der Waals surface area contributed by atoms with E-state index in [2.05, 4.69) is 5.10 Å². The Labute approximate surface area is 163 Å². The Morgan fingerprint density at radius 3 is 2.52 bits per heavy atom. The summed E-state index contributed by atoms with van der Waals surface area (Å²) in [4.78, 5) is 48.8. The third-order valence-corrected chi connectivity index (χ3v) is 4.40. The molecule has 2 aromatic carbocycles. The molecule has 9 heteroatoms. The molecule has 0 aliphatic carbocycles. The second-order valence-corrected chi connectivity index (χ2v) is 6.32. The summed E-state index contributed by atoms with van der Waals surface area (Å²) in [5.41, 5.74) is -0.728. The van der Waals surface area contributed by atoms with Crippen molar-refractivity contribution < 1.29 is 23.8 Å². The third kappa shape index (κ3) is 3.75. The first-order valence-electron chi connectivity index (χ1n) is 8.83. The summed E-state index contributed by atoms with van der Waals surface area (Å²) in [5.74, 6) is -0.267. The van der Waals surface area contributed by atoms with E-state index in [1.807, 2.05) is 0 Å². The van der Waals surface area contributed by atoms with Crippen molar-refractivity contribution in [2.45, 2.75) is 6.54 Å². The highest BCUT2D eigenvalue weighted by molar-refractivity contribution is 5.98. The average molecular weight is 396 g/mol. The monoisotopic (exact) mass is 396 g/mol. The van der Waals surface area contributed by atoms with Crippen LogP contribution in [0.25, 0.3) is 10.8 Å². The molecule has 4 rings (SSSR count). The molecule has 0 saturated carbocycles. The molecule has 0 unspecified atom stereocenters. The molecule has 29 heavy (non-hydrogen) atoms. The van der Waals surface area contributed by atoms with Crippen molar-refractivity contribution in [2.75, 3.05) is 19.8 Å². The first-order chi connectivity index (χ1) is 14.0. The van der Waals surface area contributed by atoms with Crippen LogP contribution < -0.4 is 20.6 Å². The number of carbonyl (C=O) groups is 2. The number of nitrogens with one attached hydrogen (secondary N) is 1. The van der Waals surface area contributed by atoms with Gasteiger partial charge in [-0.25, -0.2) is 4.68 Å². The van der Waals surface area contributed by atoms with Gasteiger partial charge in [0.2, 0.25) is 0 Å². The van der Waals surface area contributed by atoms with Crippen molar-refractivity contribution in [2.24, 2.45) is 0 Å². The van der Waals surface area contributed by atoms with Crippen molar-refractivity contribution in [3.8, 4) is 11.5 Å². The molecule has 1 aromatic heterocycles. The number of H-pyrrole nitrogens is 1. The van der Waals surface area contributed by atoms with E-state index in [1.54, 1.807) is 24.3 Å². The van der Waals surface area contributed by atoms with Crippen molar-refractivity contribution in [1.82, 2.24) is 9.78 Å². The lowest BCUT2D eigenvalue weighted by atomic mass is 10.1. The smallest absolute Gasteiger partial charge is 0.328 e. The molecule has 1 aliphatic rings. The van der Waals surface area contributed by atoms with E-state index in [1.165, 1.54) is 18.2 Å². The first kappa shape index (κ1) is 18.5. The molecule has 0 radical (unpaired) electrons. The molecule has 1 aliphatic heterocycles. The SMILES string of the molecule is O=C(Cn1[nH]c(=O)c2ccccc2c1=O)OCC(=O)c1ccc2c(c1)OCCO2. The van der Waals surface area contributed by atoms with Crippen LogP contribution in [0.4, 0.5) is 0 Å². The van der Waals surface area contributed by atoms with Crippen molar-refractivity contribution in [1.29, 1.82) is 0 Å². The highest BCUT2D eigenvalue weighted by Gasteiger charge is 2.17. The van der Waals surface area contributed by atoms with Crippen LogP contribution >= 0.6 is 0 Å². The van der Waals surface area contributed by atoms with Gasteiger partial charge in [-0.15, -0.1) is 0 Å². The van der Waals surface area contributed by atoms with E-state index >= 15 is 0 Å². The van der Waals surface area contributed by atoms with Gasteiger partial charge < -0.3 is 14.2 Å². The summed E-state index contributed by atoms with van der Waals surface area (Å²) in [6.45, 7) is -0.204. The quantitative estimate of drug-likeness (QED) is 0.503. The number of aromatic nitrogens is 2. The Morgan fingerprint density at radius 2 is 1.72 bits per heavy atom. The van der Waals surface area contributed by atoms with E-state index in [0.717, 1.165) is 4.68 Å². The van der Waals surface area contributed by atoms with Crippen molar-refractivity contribution in [3.05, 3.63) is 68.7 Å². The second kappa shape index (κ2) is 7.63. The summed E-state index contributed by atoms with van der Waals surface area (Å²) in [7, 11) is 0. The predicted molar refractivity (Wildman–Crippen MR) is 102 cm³/mol. The number of ketones is 1.